The quantitative estimate of drug-likeness (QED) is 0.323. The molecule has 1 aliphatic heterocycles. The summed E-state index contributed by atoms with van der Waals surface area (Å²) >= 11 is 1.46. The lowest BCUT2D eigenvalue weighted by Gasteiger charge is -2.29. The van der Waals surface area contributed by atoms with E-state index in [1.54, 1.807) is 27.5 Å². The van der Waals surface area contributed by atoms with Crippen molar-refractivity contribution in [3.63, 3.8) is 0 Å². The molecule has 1 fully saturated rings. The number of anilines is 1. The van der Waals surface area contributed by atoms with E-state index >= 15 is 0 Å². The van der Waals surface area contributed by atoms with E-state index in [-0.39, 0.29) is 17.3 Å². The Morgan fingerprint density at radius 3 is 2.46 bits per heavy atom. The highest BCUT2D eigenvalue weighted by atomic mass is 32.2. The van der Waals surface area contributed by atoms with Crippen LogP contribution in [0, 0.1) is 19.8 Å². The summed E-state index contributed by atoms with van der Waals surface area (Å²) < 4.78 is 28.8. The molecular formula is C28H30N4O3S2. The van der Waals surface area contributed by atoms with Gasteiger partial charge < -0.3 is 0 Å². The first-order valence-corrected chi connectivity index (χ1v) is 14.7. The number of sulfonamides is 1. The van der Waals surface area contributed by atoms with Crippen molar-refractivity contribution in [2.24, 2.45) is 5.92 Å². The Kier molecular flexibility index (Phi) is 7.11. The molecule has 0 radical (unpaired) electrons. The molecule has 0 aliphatic carbocycles. The molecule has 37 heavy (non-hydrogen) atoms. The molecule has 192 valence electrons. The molecule has 0 atom stereocenters. The SMILES string of the molecule is Cc1ccc2sc(N(Cc3ccccn3)C(=O)c3ccc(S(=O)(=O)N4CCC(C)CC4)cc3)nc2c1C. The Bertz CT molecular complexity index is 1530. The summed E-state index contributed by atoms with van der Waals surface area (Å²) in [5, 5.41) is 0.582. The summed E-state index contributed by atoms with van der Waals surface area (Å²) in [6, 6.07) is 15.9. The molecule has 4 aromatic rings. The van der Waals surface area contributed by atoms with Crippen LogP contribution in [-0.2, 0) is 16.6 Å². The van der Waals surface area contributed by atoms with Gasteiger partial charge in [-0.25, -0.2) is 13.4 Å². The zero-order valence-corrected chi connectivity index (χ0v) is 22.8. The monoisotopic (exact) mass is 534 g/mol. The number of pyridine rings is 1. The van der Waals surface area contributed by atoms with Gasteiger partial charge in [0.25, 0.3) is 5.91 Å². The first-order valence-electron chi connectivity index (χ1n) is 12.4. The average molecular weight is 535 g/mol. The van der Waals surface area contributed by atoms with E-state index in [0.29, 0.717) is 29.7 Å². The number of benzene rings is 2. The van der Waals surface area contributed by atoms with Gasteiger partial charge in [-0.05, 0) is 86.2 Å². The number of carbonyl (C=O) groups excluding carboxylic acids is 1. The lowest BCUT2D eigenvalue weighted by molar-refractivity contribution is 0.0984. The summed E-state index contributed by atoms with van der Waals surface area (Å²) in [6.07, 6.45) is 3.42. The second-order valence-electron chi connectivity index (χ2n) is 9.67. The summed E-state index contributed by atoms with van der Waals surface area (Å²) in [6.45, 7) is 7.54. The molecule has 9 heteroatoms. The Balaban J connectivity index is 1.47. The minimum absolute atomic E-state index is 0.209. The molecule has 0 N–H and O–H groups in total. The van der Waals surface area contributed by atoms with Crippen LogP contribution >= 0.6 is 11.3 Å². The van der Waals surface area contributed by atoms with Crippen LogP contribution in [0.15, 0.2) is 65.7 Å². The number of nitrogens with zero attached hydrogens (tertiary/aromatic N) is 4. The molecule has 1 aliphatic rings. The van der Waals surface area contributed by atoms with E-state index in [4.69, 9.17) is 4.98 Å². The van der Waals surface area contributed by atoms with Gasteiger partial charge in [-0.3, -0.25) is 14.7 Å². The highest BCUT2D eigenvalue weighted by Gasteiger charge is 2.29. The summed E-state index contributed by atoms with van der Waals surface area (Å²) in [4.78, 5) is 24.9. The molecule has 2 aromatic heterocycles. The highest BCUT2D eigenvalue weighted by molar-refractivity contribution is 7.89. The maximum absolute atomic E-state index is 13.8. The number of aromatic nitrogens is 2. The van der Waals surface area contributed by atoms with Gasteiger partial charge in [0.15, 0.2) is 5.13 Å². The van der Waals surface area contributed by atoms with Crippen LogP contribution in [0.4, 0.5) is 5.13 Å². The van der Waals surface area contributed by atoms with Gasteiger partial charge >= 0.3 is 0 Å². The van der Waals surface area contributed by atoms with Gasteiger partial charge in [-0.1, -0.05) is 30.4 Å². The Morgan fingerprint density at radius 1 is 1.05 bits per heavy atom. The van der Waals surface area contributed by atoms with Crippen molar-refractivity contribution in [1.29, 1.82) is 0 Å². The van der Waals surface area contributed by atoms with Gasteiger partial charge in [-0.15, -0.1) is 0 Å². The number of fused-ring (bicyclic) bond motifs is 1. The Labute approximate surface area is 221 Å². The largest absolute Gasteiger partial charge is 0.278 e. The van der Waals surface area contributed by atoms with Crippen LogP contribution in [0.1, 0.15) is 46.9 Å². The third kappa shape index (κ3) is 5.16. The highest BCUT2D eigenvalue weighted by Crippen LogP contribution is 2.33. The molecule has 7 nitrogen and oxygen atoms in total. The number of amides is 1. The van der Waals surface area contributed by atoms with Crippen LogP contribution in [0.5, 0.6) is 0 Å². The molecule has 2 aromatic carbocycles. The van der Waals surface area contributed by atoms with Gasteiger partial charge in [0.1, 0.15) is 0 Å². The van der Waals surface area contributed by atoms with Crippen molar-refractivity contribution in [3.8, 4) is 0 Å². The molecule has 3 heterocycles. The van der Waals surface area contributed by atoms with Crippen molar-refractivity contribution in [2.45, 2.75) is 45.1 Å². The Hall–Kier alpha value is -3.14. The number of rotatable bonds is 6. The second kappa shape index (κ2) is 10.3. The molecule has 0 unspecified atom stereocenters. The predicted octanol–water partition coefficient (Wildman–Crippen LogP) is 5.58. The molecule has 0 spiro atoms. The van der Waals surface area contributed by atoms with Crippen LogP contribution in [0.3, 0.4) is 0 Å². The third-order valence-electron chi connectivity index (χ3n) is 7.08. The van der Waals surface area contributed by atoms with E-state index in [0.717, 1.165) is 39.9 Å². The minimum Gasteiger partial charge on any atom is -0.278 e. The maximum Gasteiger partial charge on any atom is 0.260 e. The number of aryl methyl sites for hydroxylation is 2. The summed E-state index contributed by atoms with van der Waals surface area (Å²) in [5.41, 5.74) is 4.26. The number of carbonyl (C=O) groups is 1. The smallest absolute Gasteiger partial charge is 0.260 e. The number of piperidine rings is 1. The van der Waals surface area contributed by atoms with E-state index in [2.05, 4.69) is 18.0 Å². The third-order valence-corrected chi connectivity index (χ3v) is 10.0. The lowest BCUT2D eigenvalue weighted by atomic mass is 10.0. The zero-order chi connectivity index (χ0) is 26.2. The fourth-order valence-electron chi connectivity index (χ4n) is 4.51. The van der Waals surface area contributed by atoms with Crippen LogP contribution in [-0.4, -0.2) is 41.7 Å². The van der Waals surface area contributed by atoms with E-state index < -0.39 is 10.0 Å². The van der Waals surface area contributed by atoms with Crippen molar-refractivity contribution < 1.29 is 13.2 Å². The number of hydrogen-bond donors (Lipinski definition) is 0. The predicted molar refractivity (Wildman–Crippen MR) is 147 cm³/mol. The van der Waals surface area contributed by atoms with Crippen LogP contribution < -0.4 is 4.90 Å². The summed E-state index contributed by atoms with van der Waals surface area (Å²) in [5.74, 6) is 0.279. The lowest BCUT2D eigenvalue weighted by Crippen LogP contribution is -2.37. The molecule has 1 amide bonds. The maximum atomic E-state index is 13.8. The van der Waals surface area contributed by atoms with E-state index in [9.17, 15) is 13.2 Å². The summed E-state index contributed by atoms with van der Waals surface area (Å²) in [7, 11) is -3.59. The van der Waals surface area contributed by atoms with Gasteiger partial charge in [-0.2, -0.15) is 4.31 Å². The standard InChI is InChI=1S/C28H30N4O3S2/c1-19-13-16-31(17-14-19)37(34,35)24-10-8-22(9-11-24)27(33)32(18-23-6-4-5-15-29-23)28-30-26-21(3)20(2)7-12-25(26)36-28/h4-12,15,19H,13-14,16-18H2,1-3H3. The fraction of sp³-hybridized carbons (Fsp3) is 0.321. The van der Waals surface area contributed by atoms with Crippen molar-refractivity contribution in [2.75, 3.05) is 18.0 Å². The first-order chi connectivity index (χ1) is 17.7. The molecule has 5 rings (SSSR count). The van der Waals surface area contributed by atoms with Crippen molar-refractivity contribution in [3.05, 3.63) is 83.2 Å². The molecule has 0 saturated carbocycles. The zero-order valence-electron chi connectivity index (χ0n) is 21.2. The topological polar surface area (TPSA) is 83.5 Å². The van der Waals surface area contributed by atoms with Crippen molar-refractivity contribution >= 4 is 42.6 Å². The Morgan fingerprint density at radius 2 is 1.78 bits per heavy atom. The average Bonchev–Trinajstić information content (AvgIpc) is 3.35. The molecule has 1 saturated heterocycles. The van der Waals surface area contributed by atoms with Crippen LogP contribution in [0.2, 0.25) is 0 Å². The molecular weight excluding hydrogens is 504 g/mol. The fourth-order valence-corrected chi connectivity index (χ4v) is 7.00. The molecule has 0 bridgehead atoms. The van der Waals surface area contributed by atoms with Crippen LogP contribution in [0.25, 0.3) is 10.2 Å². The van der Waals surface area contributed by atoms with E-state index in [1.165, 1.54) is 23.5 Å². The second-order valence-corrected chi connectivity index (χ2v) is 12.6. The minimum atomic E-state index is -3.59. The van der Waals surface area contributed by atoms with Gasteiger partial charge in [0, 0.05) is 24.8 Å². The van der Waals surface area contributed by atoms with Gasteiger partial charge in [0.05, 0.1) is 27.4 Å². The van der Waals surface area contributed by atoms with E-state index in [1.807, 2.05) is 38.1 Å². The van der Waals surface area contributed by atoms with Crippen molar-refractivity contribution in [1.82, 2.24) is 14.3 Å². The first kappa shape index (κ1) is 25.5. The number of hydrogen-bond acceptors (Lipinski definition) is 6. The normalized spacial score (nSPS) is 15.2. The number of thiazole rings is 1. The van der Waals surface area contributed by atoms with Gasteiger partial charge in [0.2, 0.25) is 10.0 Å².